The molecule has 0 spiro atoms. The molecule has 0 saturated carbocycles. The molecule has 1 saturated heterocycles. The third kappa shape index (κ3) is 4.19. The summed E-state index contributed by atoms with van der Waals surface area (Å²) in [6, 6.07) is 7.71. The summed E-state index contributed by atoms with van der Waals surface area (Å²) in [6.07, 6.45) is 4.30. The van der Waals surface area contributed by atoms with Crippen LogP contribution in [0.15, 0.2) is 24.3 Å². The second-order valence-electron chi connectivity index (χ2n) is 5.34. The third-order valence-corrected chi connectivity index (χ3v) is 4.15. The lowest BCUT2D eigenvalue weighted by Crippen LogP contribution is -2.33. The van der Waals surface area contributed by atoms with Gasteiger partial charge in [0, 0.05) is 23.2 Å². The Kier molecular flexibility index (Phi) is 6.30. The van der Waals surface area contributed by atoms with E-state index in [2.05, 4.69) is 6.92 Å². The van der Waals surface area contributed by atoms with Crippen LogP contribution in [0.2, 0.25) is 5.02 Å². The summed E-state index contributed by atoms with van der Waals surface area (Å²) in [4.78, 5) is 0. The molecule has 1 aliphatic rings. The summed E-state index contributed by atoms with van der Waals surface area (Å²) in [5.74, 6) is 0. The highest BCUT2D eigenvalue weighted by molar-refractivity contribution is 6.31. The largest absolute Gasteiger partial charge is 0.376 e. The molecule has 0 bridgehead atoms. The van der Waals surface area contributed by atoms with E-state index in [0.29, 0.717) is 11.6 Å². The zero-order valence-corrected chi connectivity index (χ0v) is 12.8. The molecule has 1 aliphatic heterocycles. The van der Waals surface area contributed by atoms with E-state index < -0.39 is 0 Å². The van der Waals surface area contributed by atoms with Gasteiger partial charge in [-0.25, -0.2) is 0 Å². The Bertz CT molecular complexity index is 407. The van der Waals surface area contributed by atoms with Crippen molar-refractivity contribution >= 4 is 11.6 Å². The summed E-state index contributed by atoms with van der Waals surface area (Å²) < 4.78 is 11.8. The Morgan fingerprint density at radius 3 is 2.85 bits per heavy atom. The summed E-state index contributed by atoms with van der Waals surface area (Å²) >= 11 is 6.27. The van der Waals surface area contributed by atoms with Crippen molar-refractivity contribution in [3.63, 3.8) is 0 Å². The van der Waals surface area contributed by atoms with E-state index in [1.807, 2.05) is 24.3 Å². The molecule has 3 atom stereocenters. The molecule has 0 aromatic heterocycles. The van der Waals surface area contributed by atoms with Crippen LogP contribution in [-0.2, 0) is 9.47 Å². The number of rotatable bonds is 6. The zero-order valence-electron chi connectivity index (χ0n) is 12.1. The lowest BCUT2D eigenvalue weighted by Gasteiger charge is -2.28. The first-order valence-electron chi connectivity index (χ1n) is 7.45. The van der Waals surface area contributed by atoms with E-state index >= 15 is 0 Å². The van der Waals surface area contributed by atoms with Crippen molar-refractivity contribution in [2.45, 2.75) is 50.9 Å². The Morgan fingerprint density at radius 2 is 2.20 bits per heavy atom. The summed E-state index contributed by atoms with van der Waals surface area (Å²) in [5, 5.41) is 0.714. The van der Waals surface area contributed by atoms with Gasteiger partial charge < -0.3 is 15.2 Å². The molecule has 1 aromatic carbocycles. The van der Waals surface area contributed by atoms with Crippen molar-refractivity contribution in [1.29, 1.82) is 0 Å². The first-order valence-corrected chi connectivity index (χ1v) is 7.83. The Hall–Kier alpha value is -0.610. The number of halogens is 1. The van der Waals surface area contributed by atoms with Gasteiger partial charge in [-0.3, -0.25) is 0 Å². The molecule has 3 nitrogen and oxygen atoms in total. The predicted octanol–water partition coefficient (Wildman–Crippen LogP) is 3.70. The Labute approximate surface area is 126 Å². The van der Waals surface area contributed by atoms with E-state index in [1.165, 1.54) is 6.42 Å². The fourth-order valence-electron chi connectivity index (χ4n) is 2.51. The predicted molar refractivity (Wildman–Crippen MR) is 82.0 cm³/mol. The minimum atomic E-state index is -0.167. The highest BCUT2D eigenvalue weighted by Crippen LogP contribution is 2.29. The molecule has 0 aliphatic carbocycles. The molecular weight excluding hydrogens is 274 g/mol. The quantitative estimate of drug-likeness (QED) is 0.870. The van der Waals surface area contributed by atoms with Crippen LogP contribution >= 0.6 is 11.6 Å². The fraction of sp³-hybridized carbons (Fsp3) is 0.625. The van der Waals surface area contributed by atoms with Gasteiger partial charge in [-0.1, -0.05) is 36.7 Å². The van der Waals surface area contributed by atoms with Crippen molar-refractivity contribution in [3.8, 4) is 0 Å². The van der Waals surface area contributed by atoms with Gasteiger partial charge in [0.2, 0.25) is 0 Å². The summed E-state index contributed by atoms with van der Waals surface area (Å²) in [7, 11) is 0. The van der Waals surface area contributed by atoms with Crippen LogP contribution < -0.4 is 5.73 Å². The molecule has 1 heterocycles. The van der Waals surface area contributed by atoms with Crippen molar-refractivity contribution in [3.05, 3.63) is 34.9 Å². The molecule has 2 N–H and O–H groups in total. The topological polar surface area (TPSA) is 44.5 Å². The second kappa shape index (κ2) is 7.99. The standard InChI is InChI=1S/C16H24ClNO2/c1-2-15(18)16(13-8-3-4-9-14(13)17)20-11-12-7-5-6-10-19-12/h3-4,8-9,12,15-16H,2,5-7,10-11,18H2,1H3. The fourth-order valence-corrected chi connectivity index (χ4v) is 2.76. The maximum Gasteiger partial charge on any atom is 0.0991 e. The molecule has 0 amide bonds. The van der Waals surface area contributed by atoms with Gasteiger partial charge in [0.15, 0.2) is 0 Å². The van der Waals surface area contributed by atoms with E-state index in [-0.39, 0.29) is 18.2 Å². The van der Waals surface area contributed by atoms with E-state index in [4.69, 9.17) is 26.8 Å². The first-order chi connectivity index (χ1) is 9.72. The van der Waals surface area contributed by atoms with Crippen molar-refractivity contribution in [2.24, 2.45) is 5.73 Å². The van der Waals surface area contributed by atoms with E-state index in [1.54, 1.807) is 0 Å². The van der Waals surface area contributed by atoms with E-state index in [0.717, 1.165) is 31.4 Å². The SMILES string of the molecule is CCC(N)C(OCC1CCCCO1)c1ccccc1Cl. The molecule has 1 aromatic rings. The van der Waals surface area contributed by atoms with Crippen LogP contribution in [0, 0.1) is 0 Å². The highest BCUT2D eigenvalue weighted by Gasteiger charge is 2.24. The zero-order chi connectivity index (χ0) is 14.4. The maximum absolute atomic E-state index is 6.27. The molecule has 3 unspecified atom stereocenters. The normalized spacial score (nSPS) is 22.4. The molecule has 20 heavy (non-hydrogen) atoms. The first kappa shape index (κ1) is 15.8. The number of hydrogen-bond donors (Lipinski definition) is 1. The van der Waals surface area contributed by atoms with Crippen molar-refractivity contribution in [2.75, 3.05) is 13.2 Å². The molecule has 4 heteroatoms. The van der Waals surface area contributed by atoms with Crippen LogP contribution in [0.5, 0.6) is 0 Å². The Morgan fingerprint density at radius 1 is 1.40 bits per heavy atom. The maximum atomic E-state index is 6.27. The number of hydrogen-bond acceptors (Lipinski definition) is 3. The second-order valence-corrected chi connectivity index (χ2v) is 5.74. The lowest BCUT2D eigenvalue weighted by molar-refractivity contribution is -0.0694. The van der Waals surface area contributed by atoms with Crippen LogP contribution in [0.3, 0.4) is 0 Å². The van der Waals surface area contributed by atoms with Crippen LogP contribution in [0.4, 0.5) is 0 Å². The Balaban J connectivity index is 2.02. The van der Waals surface area contributed by atoms with Gasteiger partial charge in [-0.2, -0.15) is 0 Å². The number of benzene rings is 1. The lowest BCUT2D eigenvalue weighted by atomic mass is 10.0. The molecule has 1 fully saturated rings. The van der Waals surface area contributed by atoms with E-state index in [9.17, 15) is 0 Å². The average molecular weight is 298 g/mol. The van der Waals surface area contributed by atoms with Crippen molar-refractivity contribution < 1.29 is 9.47 Å². The monoisotopic (exact) mass is 297 g/mol. The average Bonchev–Trinajstić information content (AvgIpc) is 2.50. The smallest absolute Gasteiger partial charge is 0.0991 e. The van der Waals surface area contributed by atoms with Gasteiger partial charge in [0.25, 0.3) is 0 Å². The molecule has 0 radical (unpaired) electrons. The van der Waals surface area contributed by atoms with Gasteiger partial charge in [-0.05, 0) is 31.7 Å². The highest BCUT2D eigenvalue weighted by atomic mass is 35.5. The molecule has 2 rings (SSSR count). The molecule has 112 valence electrons. The van der Waals surface area contributed by atoms with Gasteiger partial charge in [0.05, 0.1) is 18.8 Å². The third-order valence-electron chi connectivity index (χ3n) is 3.81. The summed E-state index contributed by atoms with van der Waals surface area (Å²) in [5.41, 5.74) is 7.18. The summed E-state index contributed by atoms with van der Waals surface area (Å²) in [6.45, 7) is 3.49. The number of nitrogens with two attached hydrogens (primary N) is 1. The van der Waals surface area contributed by atoms with Crippen LogP contribution in [-0.4, -0.2) is 25.4 Å². The van der Waals surface area contributed by atoms with Gasteiger partial charge in [-0.15, -0.1) is 0 Å². The van der Waals surface area contributed by atoms with Gasteiger partial charge >= 0.3 is 0 Å². The van der Waals surface area contributed by atoms with Crippen molar-refractivity contribution in [1.82, 2.24) is 0 Å². The number of ether oxygens (including phenoxy) is 2. The van der Waals surface area contributed by atoms with Crippen LogP contribution in [0.1, 0.15) is 44.3 Å². The minimum absolute atomic E-state index is 0.0570. The van der Waals surface area contributed by atoms with Gasteiger partial charge in [0.1, 0.15) is 0 Å². The van der Waals surface area contributed by atoms with Crippen LogP contribution in [0.25, 0.3) is 0 Å². The molecular formula is C16H24ClNO2. The minimum Gasteiger partial charge on any atom is -0.376 e.